The number of halogens is 1. The SMILES string of the molecule is CC(C)(C)c1ccc([S+]([O-])Nc2ccc(Cl)c3c2C(=O)N(c2cnccn2)C3=O)cc1. The van der Waals surface area contributed by atoms with Gasteiger partial charge in [-0.05, 0) is 35.2 Å². The van der Waals surface area contributed by atoms with E-state index in [0.29, 0.717) is 4.90 Å². The van der Waals surface area contributed by atoms with Gasteiger partial charge in [0.05, 0.1) is 28.0 Å². The molecule has 2 heterocycles. The van der Waals surface area contributed by atoms with Crippen molar-refractivity contribution in [2.75, 3.05) is 9.62 Å². The van der Waals surface area contributed by atoms with Gasteiger partial charge in [0.15, 0.2) is 10.7 Å². The van der Waals surface area contributed by atoms with Crippen molar-refractivity contribution in [1.82, 2.24) is 9.97 Å². The summed E-state index contributed by atoms with van der Waals surface area (Å²) in [5.74, 6) is -1.12. The van der Waals surface area contributed by atoms with E-state index in [1.165, 1.54) is 30.7 Å². The molecule has 0 spiro atoms. The summed E-state index contributed by atoms with van der Waals surface area (Å²) in [5.41, 5.74) is 1.44. The van der Waals surface area contributed by atoms with E-state index in [1.54, 1.807) is 12.1 Å². The van der Waals surface area contributed by atoms with Crippen molar-refractivity contribution in [1.29, 1.82) is 0 Å². The molecule has 3 aromatic rings. The number of aromatic nitrogens is 2. The van der Waals surface area contributed by atoms with Gasteiger partial charge in [-0.2, -0.15) is 0 Å². The van der Waals surface area contributed by atoms with Crippen LogP contribution in [-0.2, 0) is 16.8 Å². The molecule has 1 aromatic heterocycles. The molecule has 0 fully saturated rings. The third kappa shape index (κ3) is 3.89. The Hall–Kier alpha value is -2.94. The van der Waals surface area contributed by atoms with Crippen molar-refractivity contribution < 1.29 is 14.1 Å². The van der Waals surface area contributed by atoms with Crippen LogP contribution in [0.4, 0.5) is 11.5 Å². The zero-order valence-corrected chi connectivity index (χ0v) is 18.6. The number of carbonyl (C=O) groups is 2. The molecule has 2 amide bonds. The lowest BCUT2D eigenvalue weighted by Crippen LogP contribution is -2.30. The van der Waals surface area contributed by atoms with Gasteiger partial charge in [0.1, 0.15) is 11.4 Å². The number of nitrogens with one attached hydrogen (secondary N) is 1. The van der Waals surface area contributed by atoms with Gasteiger partial charge < -0.3 is 4.55 Å². The van der Waals surface area contributed by atoms with E-state index in [2.05, 4.69) is 35.5 Å². The number of nitrogens with zero attached hydrogens (tertiary/aromatic N) is 3. The number of hydrogen-bond donors (Lipinski definition) is 1. The van der Waals surface area contributed by atoms with E-state index >= 15 is 0 Å². The quantitative estimate of drug-likeness (QED) is 0.464. The van der Waals surface area contributed by atoms with Gasteiger partial charge in [-0.25, -0.2) is 14.6 Å². The monoisotopic (exact) mass is 454 g/mol. The van der Waals surface area contributed by atoms with Crippen LogP contribution in [-0.4, -0.2) is 26.3 Å². The average molecular weight is 455 g/mol. The zero-order valence-electron chi connectivity index (χ0n) is 17.0. The molecular weight excluding hydrogens is 436 g/mol. The van der Waals surface area contributed by atoms with Crippen LogP contribution in [0.15, 0.2) is 59.9 Å². The van der Waals surface area contributed by atoms with E-state index in [1.807, 2.05) is 12.1 Å². The Kier molecular flexibility index (Phi) is 5.47. The first-order valence-electron chi connectivity index (χ1n) is 9.45. The molecule has 2 aromatic carbocycles. The molecule has 0 saturated heterocycles. The maximum absolute atomic E-state index is 13.1. The molecule has 9 heteroatoms. The third-order valence-electron chi connectivity index (χ3n) is 4.90. The second-order valence-corrected chi connectivity index (χ2v) is 9.62. The van der Waals surface area contributed by atoms with Gasteiger partial charge >= 0.3 is 0 Å². The molecule has 1 N–H and O–H groups in total. The highest BCUT2D eigenvalue weighted by atomic mass is 35.5. The lowest BCUT2D eigenvalue weighted by molar-refractivity contribution is 0.0925. The minimum Gasteiger partial charge on any atom is -0.588 e. The highest BCUT2D eigenvalue weighted by molar-refractivity contribution is 7.92. The van der Waals surface area contributed by atoms with Crippen LogP contribution in [0.25, 0.3) is 0 Å². The largest absolute Gasteiger partial charge is 0.588 e. The Morgan fingerprint density at radius 3 is 2.29 bits per heavy atom. The number of carbonyl (C=O) groups excluding carboxylic acids is 2. The Morgan fingerprint density at radius 2 is 1.68 bits per heavy atom. The molecule has 4 rings (SSSR count). The Balaban J connectivity index is 1.67. The Bertz CT molecular complexity index is 1160. The van der Waals surface area contributed by atoms with Crippen LogP contribution >= 0.6 is 11.6 Å². The second kappa shape index (κ2) is 7.96. The number of amides is 2. The molecule has 1 aliphatic heterocycles. The maximum atomic E-state index is 13.1. The molecule has 0 bridgehead atoms. The summed E-state index contributed by atoms with van der Waals surface area (Å²) in [6.07, 6.45) is 4.14. The first-order valence-corrected chi connectivity index (χ1v) is 11.0. The molecule has 7 nitrogen and oxygen atoms in total. The predicted molar refractivity (Wildman–Crippen MR) is 120 cm³/mol. The average Bonchev–Trinajstić information content (AvgIpc) is 3.01. The summed E-state index contributed by atoms with van der Waals surface area (Å²) >= 11 is 4.58. The molecule has 1 atom stereocenters. The van der Waals surface area contributed by atoms with Gasteiger partial charge in [0.25, 0.3) is 11.8 Å². The van der Waals surface area contributed by atoms with Crippen LogP contribution in [0.1, 0.15) is 47.1 Å². The predicted octanol–water partition coefficient (Wildman–Crippen LogP) is 4.36. The van der Waals surface area contributed by atoms with Gasteiger partial charge in [0, 0.05) is 12.4 Å². The summed E-state index contributed by atoms with van der Waals surface area (Å²) in [5, 5.41) is 0.130. The van der Waals surface area contributed by atoms with Crippen molar-refractivity contribution >= 4 is 46.3 Å². The number of rotatable bonds is 4. The molecule has 0 saturated carbocycles. The van der Waals surface area contributed by atoms with E-state index in [-0.39, 0.29) is 33.1 Å². The van der Waals surface area contributed by atoms with Gasteiger partial charge in [-0.3, -0.25) is 14.6 Å². The van der Waals surface area contributed by atoms with Crippen molar-refractivity contribution in [3.05, 3.63) is 76.7 Å². The van der Waals surface area contributed by atoms with Crippen molar-refractivity contribution in [3.8, 4) is 0 Å². The number of imide groups is 1. The molecule has 0 aliphatic carbocycles. The van der Waals surface area contributed by atoms with E-state index < -0.39 is 23.2 Å². The normalized spacial score (nSPS) is 14.5. The summed E-state index contributed by atoms with van der Waals surface area (Å²) < 4.78 is 15.8. The minimum absolute atomic E-state index is 0.0268. The fourth-order valence-corrected chi connectivity index (χ4v) is 4.37. The van der Waals surface area contributed by atoms with E-state index in [4.69, 9.17) is 11.6 Å². The Morgan fingerprint density at radius 1 is 1.00 bits per heavy atom. The van der Waals surface area contributed by atoms with Crippen LogP contribution in [0.3, 0.4) is 0 Å². The number of benzene rings is 2. The summed E-state index contributed by atoms with van der Waals surface area (Å²) in [4.78, 5) is 35.4. The fourth-order valence-electron chi connectivity index (χ4n) is 3.26. The highest BCUT2D eigenvalue weighted by Gasteiger charge is 2.42. The first-order chi connectivity index (χ1) is 14.7. The van der Waals surface area contributed by atoms with Crippen molar-refractivity contribution in [3.63, 3.8) is 0 Å². The van der Waals surface area contributed by atoms with Gasteiger partial charge in [0.2, 0.25) is 0 Å². The van der Waals surface area contributed by atoms with Crippen molar-refractivity contribution in [2.45, 2.75) is 31.1 Å². The maximum Gasteiger partial charge on any atom is 0.269 e. The first kappa shape index (κ1) is 21.3. The standard InChI is InChI=1S/C22H19ClN4O3S/c1-22(2,3)13-4-6-14(7-5-13)31(30)26-16-9-8-15(23)18-19(16)21(29)27(20(18)28)17-12-24-10-11-25-17/h4-12,26H,1-3H3. The fraction of sp³-hybridized carbons (Fsp3) is 0.182. The molecule has 0 radical (unpaired) electrons. The van der Waals surface area contributed by atoms with Crippen LogP contribution in [0.5, 0.6) is 0 Å². The molecule has 158 valence electrons. The molecule has 31 heavy (non-hydrogen) atoms. The second-order valence-electron chi connectivity index (χ2n) is 8.00. The summed E-state index contributed by atoms with van der Waals surface area (Å²) in [7, 11) is 0. The minimum atomic E-state index is -1.65. The lowest BCUT2D eigenvalue weighted by Gasteiger charge is -2.19. The molecular formula is C22H19ClN4O3S. The lowest BCUT2D eigenvalue weighted by atomic mass is 9.87. The molecule has 1 unspecified atom stereocenters. The van der Waals surface area contributed by atoms with E-state index in [0.717, 1.165) is 10.5 Å². The Labute approximate surface area is 187 Å². The zero-order chi connectivity index (χ0) is 22.3. The number of hydrogen-bond acceptors (Lipinski definition) is 6. The summed E-state index contributed by atoms with van der Waals surface area (Å²) in [6.45, 7) is 6.29. The number of fused-ring (bicyclic) bond motifs is 1. The number of anilines is 2. The smallest absolute Gasteiger partial charge is 0.269 e. The van der Waals surface area contributed by atoms with Gasteiger partial charge in [-0.1, -0.05) is 44.5 Å². The van der Waals surface area contributed by atoms with Crippen LogP contribution in [0.2, 0.25) is 5.02 Å². The highest BCUT2D eigenvalue weighted by Crippen LogP contribution is 2.37. The van der Waals surface area contributed by atoms with E-state index in [9.17, 15) is 14.1 Å². The van der Waals surface area contributed by atoms with Crippen LogP contribution < -0.4 is 9.62 Å². The van der Waals surface area contributed by atoms with Crippen LogP contribution in [0, 0.1) is 0 Å². The molecule has 1 aliphatic rings. The third-order valence-corrected chi connectivity index (χ3v) is 6.32. The van der Waals surface area contributed by atoms with Gasteiger partial charge in [-0.15, -0.1) is 0 Å². The topological polar surface area (TPSA) is 98.2 Å². The summed E-state index contributed by atoms with van der Waals surface area (Å²) in [6, 6.07) is 10.4. The van der Waals surface area contributed by atoms with Crippen molar-refractivity contribution in [2.24, 2.45) is 0 Å².